The standard InChI is InChI=1S/C23H27ClN2O3S/c1-28-29-30-26-11-8-16(9-12-26)22-20-7-6-19(24)15-21(20)17(5-3-13-27)14-18-4-2-10-25-23(18)22/h2,4,6-7,10,14-16,22,27H,3,5,8-9,11-13H2,1H3. The van der Waals surface area contributed by atoms with Crippen molar-refractivity contribution in [1.29, 1.82) is 0 Å². The fourth-order valence-electron chi connectivity index (χ4n) is 4.61. The van der Waals surface area contributed by atoms with Crippen LogP contribution in [0.4, 0.5) is 0 Å². The minimum atomic E-state index is 0.177. The molecule has 4 rings (SSSR count). The summed E-state index contributed by atoms with van der Waals surface area (Å²) in [6, 6.07) is 10.4. The third-order valence-corrected chi connectivity index (χ3v) is 6.98. The lowest BCUT2D eigenvalue weighted by molar-refractivity contribution is -0.163. The molecule has 0 radical (unpaired) electrons. The van der Waals surface area contributed by atoms with Crippen molar-refractivity contribution in [3.8, 4) is 0 Å². The summed E-state index contributed by atoms with van der Waals surface area (Å²) in [5.74, 6) is 0.690. The first kappa shape index (κ1) is 21.8. The van der Waals surface area contributed by atoms with Gasteiger partial charge in [-0.1, -0.05) is 23.7 Å². The number of pyridine rings is 1. The number of allylic oxidation sites excluding steroid dienone is 1. The van der Waals surface area contributed by atoms with Gasteiger partial charge in [0.25, 0.3) is 0 Å². The number of halogens is 1. The molecular formula is C23H27ClN2O3S. The van der Waals surface area contributed by atoms with Crippen LogP contribution in [0.25, 0.3) is 11.6 Å². The first-order valence-corrected chi connectivity index (χ1v) is 11.5. The molecule has 2 aliphatic rings. The predicted octanol–water partition coefficient (Wildman–Crippen LogP) is 5.35. The van der Waals surface area contributed by atoms with Gasteiger partial charge in [-0.2, -0.15) is 0 Å². The van der Waals surface area contributed by atoms with Gasteiger partial charge >= 0.3 is 0 Å². The summed E-state index contributed by atoms with van der Waals surface area (Å²) in [5, 5.41) is 10.2. The lowest BCUT2D eigenvalue weighted by Gasteiger charge is -2.35. The van der Waals surface area contributed by atoms with Crippen molar-refractivity contribution in [2.75, 3.05) is 26.8 Å². The van der Waals surface area contributed by atoms with Gasteiger partial charge in [-0.05, 0) is 78.1 Å². The molecule has 1 aromatic heterocycles. The van der Waals surface area contributed by atoms with Gasteiger partial charge in [0, 0.05) is 36.8 Å². The van der Waals surface area contributed by atoms with E-state index >= 15 is 0 Å². The molecule has 7 heteroatoms. The summed E-state index contributed by atoms with van der Waals surface area (Å²) in [6.07, 6.45) is 7.78. The lowest BCUT2D eigenvalue weighted by atomic mass is 9.76. The van der Waals surface area contributed by atoms with Crippen LogP contribution in [0.3, 0.4) is 0 Å². The van der Waals surface area contributed by atoms with E-state index in [1.807, 2.05) is 18.3 Å². The second-order valence-electron chi connectivity index (χ2n) is 7.76. The first-order chi connectivity index (χ1) is 14.7. The van der Waals surface area contributed by atoms with E-state index in [0.717, 1.165) is 49.5 Å². The number of piperidine rings is 1. The van der Waals surface area contributed by atoms with Crippen molar-refractivity contribution in [2.45, 2.75) is 31.6 Å². The summed E-state index contributed by atoms with van der Waals surface area (Å²) in [7, 11) is 1.53. The molecule has 30 heavy (non-hydrogen) atoms. The molecule has 0 amide bonds. The van der Waals surface area contributed by atoms with Gasteiger partial charge in [0.1, 0.15) is 12.2 Å². The molecule has 2 aromatic rings. The highest BCUT2D eigenvalue weighted by Gasteiger charge is 2.34. The van der Waals surface area contributed by atoms with E-state index in [1.54, 1.807) is 0 Å². The van der Waals surface area contributed by atoms with Crippen molar-refractivity contribution >= 4 is 35.5 Å². The number of aliphatic hydroxyl groups is 1. The van der Waals surface area contributed by atoms with Gasteiger partial charge in [-0.25, -0.2) is 9.19 Å². The second-order valence-corrected chi connectivity index (χ2v) is 9.00. The van der Waals surface area contributed by atoms with Gasteiger partial charge in [0.05, 0.1) is 12.8 Å². The zero-order valence-corrected chi connectivity index (χ0v) is 18.7. The summed E-state index contributed by atoms with van der Waals surface area (Å²) in [5.41, 5.74) is 6.01. The van der Waals surface area contributed by atoms with E-state index in [2.05, 4.69) is 28.6 Å². The van der Waals surface area contributed by atoms with E-state index in [4.69, 9.17) is 25.8 Å². The molecule has 2 heterocycles. The summed E-state index contributed by atoms with van der Waals surface area (Å²) in [6.45, 7) is 2.05. The molecule has 0 saturated carbocycles. The minimum absolute atomic E-state index is 0.177. The topological polar surface area (TPSA) is 54.8 Å². The zero-order chi connectivity index (χ0) is 20.9. The molecule has 1 N–H and O–H groups in total. The molecule has 1 aliphatic heterocycles. The fraction of sp³-hybridized carbons (Fsp3) is 0.435. The predicted molar refractivity (Wildman–Crippen MR) is 122 cm³/mol. The summed E-state index contributed by atoms with van der Waals surface area (Å²) in [4.78, 5) is 9.58. The third-order valence-electron chi connectivity index (χ3n) is 5.97. The highest BCUT2D eigenvalue weighted by Crippen LogP contribution is 2.46. The Balaban J connectivity index is 1.72. The van der Waals surface area contributed by atoms with Gasteiger partial charge < -0.3 is 5.11 Å². The van der Waals surface area contributed by atoms with Crippen LogP contribution in [-0.4, -0.2) is 41.2 Å². The number of benzene rings is 1. The Morgan fingerprint density at radius 3 is 2.87 bits per heavy atom. The molecule has 1 aliphatic carbocycles. The van der Waals surface area contributed by atoms with Gasteiger partial charge in [-0.3, -0.25) is 4.98 Å². The second kappa shape index (κ2) is 10.3. The number of aliphatic hydroxyl groups excluding tert-OH is 1. The van der Waals surface area contributed by atoms with Crippen molar-refractivity contribution in [3.63, 3.8) is 0 Å². The molecule has 1 fully saturated rings. The molecule has 0 spiro atoms. The van der Waals surface area contributed by atoms with Crippen LogP contribution in [0.1, 0.15) is 54.0 Å². The molecule has 1 aromatic carbocycles. The smallest absolute Gasteiger partial charge is 0.121 e. The van der Waals surface area contributed by atoms with Crippen LogP contribution in [0, 0.1) is 5.92 Å². The molecule has 0 bridgehead atoms. The van der Waals surface area contributed by atoms with Crippen molar-refractivity contribution < 1.29 is 14.3 Å². The Hall–Kier alpha value is -1.41. The maximum absolute atomic E-state index is 9.42. The van der Waals surface area contributed by atoms with Gasteiger partial charge in [-0.15, -0.1) is 4.33 Å². The highest BCUT2D eigenvalue weighted by atomic mass is 35.5. The van der Waals surface area contributed by atoms with Gasteiger partial charge in [0.15, 0.2) is 0 Å². The van der Waals surface area contributed by atoms with Crippen LogP contribution in [0.15, 0.2) is 36.5 Å². The van der Waals surface area contributed by atoms with Gasteiger partial charge in [0.2, 0.25) is 0 Å². The monoisotopic (exact) mass is 446 g/mol. The van der Waals surface area contributed by atoms with Crippen molar-refractivity contribution in [2.24, 2.45) is 5.92 Å². The maximum atomic E-state index is 9.42. The molecule has 160 valence electrons. The lowest BCUT2D eigenvalue weighted by Crippen LogP contribution is -2.32. The zero-order valence-electron chi connectivity index (χ0n) is 17.1. The third kappa shape index (κ3) is 4.74. The number of nitrogens with zero attached hydrogens (tertiary/aromatic N) is 2. The molecule has 1 saturated heterocycles. The maximum Gasteiger partial charge on any atom is 0.121 e. The number of hydrogen-bond donors (Lipinski definition) is 1. The van der Waals surface area contributed by atoms with E-state index < -0.39 is 0 Å². The van der Waals surface area contributed by atoms with E-state index in [0.29, 0.717) is 5.92 Å². The largest absolute Gasteiger partial charge is 0.396 e. The number of rotatable bonds is 7. The molecule has 5 nitrogen and oxygen atoms in total. The number of fused-ring (bicyclic) bond motifs is 2. The van der Waals surface area contributed by atoms with E-state index in [9.17, 15) is 5.11 Å². The Morgan fingerprint density at radius 1 is 1.27 bits per heavy atom. The highest BCUT2D eigenvalue weighted by molar-refractivity contribution is 7.92. The van der Waals surface area contributed by atoms with Crippen LogP contribution in [-0.2, 0) is 9.22 Å². The first-order valence-electron chi connectivity index (χ1n) is 10.4. The summed E-state index contributed by atoms with van der Waals surface area (Å²) < 4.78 is 7.24. The van der Waals surface area contributed by atoms with E-state index in [-0.39, 0.29) is 12.5 Å². The van der Waals surface area contributed by atoms with Crippen LogP contribution in [0.2, 0.25) is 5.02 Å². The average molecular weight is 447 g/mol. The Bertz CT molecular complexity index is 900. The van der Waals surface area contributed by atoms with Crippen molar-refractivity contribution in [3.05, 3.63) is 63.9 Å². The van der Waals surface area contributed by atoms with Crippen LogP contribution >= 0.6 is 23.8 Å². The van der Waals surface area contributed by atoms with Crippen LogP contribution < -0.4 is 0 Å². The molecular weight excluding hydrogens is 420 g/mol. The molecule has 1 atom stereocenters. The normalized spacial score (nSPS) is 19.7. The van der Waals surface area contributed by atoms with Crippen molar-refractivity contribution in [1.82, 2.24) is 9.29 Å². The summed E-state index contributed by atoms with van der Waals surface area (Å²) >= 11 is 7.69. The van der Waals surface area contributed by atoms with Crippen LogP contribution in [0.5, 0.6) is 0 Å². The molecule has 1 unspecified atom stereocenters. The SMILES string of the molecule is COOSN1CCC(C2c3ccc(Cl)cc3C(CCCO)=Cc3cccnc32)CC1. The fourth-order valence-corrected chi connectivity index (χ4v) is 5.29. The number of aromatic nitrogens is 1. The minimum Gasteiger partial charge on any atom is -0.396 e. The quantitative estimate of drug-likeness (QED) is 0.268. The average Bonchev–Trinajstić information content (AvgIpc) is 2.91. The van der Waals surface area contributed by atoms with E-state index in [1.165, 1.54) is 41.6 Å². The number of hydrogen-bond acceptors (Lipinski definition) is 6. The Morgan fingerprint density at radius 2 is 2.10 bits per heavy atom. The Labute approximate surface area is 187 Å². The Kier molecular flexibility index (Phi) is 7.46.